The molecule has 1 saturated carbocycles. The second-order valence-electron chi connectivity index (χ2n) is 7.55. The summed E-state index contributed by atoms with van der Waals surface area (Å²) in [5, 5.41) is 3.37. The van der Waals surface area contributed by atoms with E-state index in [1.54, 1.807) is 0 Å². The lowest BCUT2D eigenvalue weighted by Gasteiger charge is -2.26. The Labute approximate surface area is 154 Å². The Balaban J connectivity index is 1.71. The van der Waals surface area contributed by atoms with Crippen molar-refractivity contribution in [2.24, 2.45) is 4.99 Å². The molecule has 1 aliphatic carbocycles. The zero-order chi connectivity index (χ0) is 18.3. The van der Waals surface area contributed by atoms with Crippen LogP contribution in [0, 0.1) is 0 Å². The Bertz CT molecular complexity index is 919. The molecule has 2 aromatic carbocycles. The van der Waals surface area contributed by atoms with E-state index in [1.807, 2.05) is 31.2 Å². The predicted octanol–water partition coefficient (Wildman–Crippen LogP) is 5.73. The molecule has 1 atom stereocenters. The third-order valence-electron chi connectivity index (χ3n) is 5.37. The molecule has 0 aromatic heterocycles. The van der Waals surface area contributed by atoms with Crippen molar-refractivity contribution in [3.05, 3.63) is 70.9 Å². The number of benzene rings is 2. The summed E-state index contributed by atoms with van der Waals surface area (Å²) in [7, 11) is 0. The number of carbonyl (C=O) groups is 1. The predicted molar refractivity (Wildman–Crippen MR) is 107 cm³/mol. The fourth-order valence-electron chi connectivity index (χ4n) is 3.90. The van der Waals surface area contributed by atoms with Crippen LogP contribution in [-0.2, 0) is 4.79 Å². The second kappa shape index (κ2) is 6.56. The average Bonchev–Trinajstić information content (AvgIpc) is 2.77. The van der Waals surface area contributed by atoms with E-state index in [2.05, 4.69) is 43.4 Å². The van der Waals surface area contributed by atoms with Crippen molar-refractivity contribution >= 4 is 22.9 Å². The van der Waals surface area contributed by atoms with Crippen LogP contribution in [0.4, 0.5) is 11.4 Å². The summed E-state index contributed by atoms with van der Waals surface area (Å²) in [4.78, 5) is 17.8. The van der Waals surface area contributed by atoms with Gasteiger partial charge in [0.25, 0.3) is 0 Å². The van der Waals surface area contributed by atoms with Crippen molar-refractivity contribution in [2.45, 2.75) is 45.4 Å². The number of hydrogen-bond donors (Lipinski definition) is 1. The molecule has 1 N–H and O–H groups in total. The van der Waals surface area contributed by atoms with Crippen LogP contribution in [0.1, 0.15) is 56.6 Å². The minimum absolute atomic E-state index is 0.186. The maximum atomic E-state index is 12.9. The van der Waals surface area contributed by atoms with Crippen LogP contribution >= 0.6 is 0 Å². The van der Waals surface area contributed by atoms with Gasteiger partial charge >= 0.3 is 0 Å². The molecule has 0 unspecified atom stereocenters. The summed E-state index contributed by atoms with van der Waals surface area (Å²) < 4.78 is 0. The van der Waals surface area contributed by atoms with Gasteiger partial charge in [-0.15, -0.1) is 0 Å². The summed E-state index contributed by atoms with van der Waals surface area (Å²) >= 11 is 0. The second-order valence-corrected chi connectivity index (χ2v) is 7.55. The third kappa shape index (κ3) is 2.98. The SMILES string of the molecule is CC1=C2C(=O)C[C@H](c3ccc(C(C)C)cc3)CC2=Nc2ccccc2N1. The molecular formula is C23H24N2O. The average molecular weight is 344 g/mol. The molecule has 4 rings (SSSR count). The van der Waals surface area contributed by atoms with Gasteiger partial charge in [0.05, 0.1) is 22.7 Å². The topological polar surface area (TPSA) is 41.5 Å². The number of carbonyl (C=O) groups excluding carboxylic acids is 1. The number of rotatable bonds is 2. The van der Waals surface area contributed by atoms with Crippen LogP contribution in [0.2, 0.25) is 0 Å². The van der Waals surface area contributed by atoms with E-state index in [4.69, 9.17) is 4.99 Å². The van der Waals surface area contributed by atoms with Crippen LogP contribution in [0.15, 0.2) is 64.8 Å². The molecule has 2 aromatic rings. The third-order valence-corrected chi connectivity index (χ3v) is 5.37. The fraction of sp³-hybridized carbons (Fsp3) is 0.304. The molecule has 0 bridgehead atoms. The molecule has 3 heteroatoms. The van der Waals surface area contributed by atoms with Crippen LogP contribution in [-0.4, -0.2) is 11.5 Å². The molecule has 26 heavy (non-hydrogen) atoms. The zero-order valence-electron chi connectivity index (χ0n) is 15.5. The van der Waals surface area contributed by atoms with Crippen molar-refractivity contribution in [3.8, 4) is 0 Å². The smallest absolute Gasteiger partial charge is 0.167 e. The first-order valence-corrected chi connectivity index (χ1v) is 9.31. The minimum atomic E-state index is 0.186. The summed E-state index contributed by atoms with van der Waals surface area (Å²) in [6.45, 7) is 6.37. The standard InChI is InChI=1S/C23H24N2O/c1-14(2)16-8-10-17(11-9-16)18-12-21-23(22(26)13-18)15(3)24-19-6-4-5-7-20(19)25-21/h4-11,14,18,24H,12-13H2,1-3H3/t18-/m1/s1. The van der Waals surface area contributed by atoms with Gasteiger partial charge in [0.2, 0.25) is 0 Å². The van der Waals surface area contributed by atoms with Crippen LogP contribution in [0.5, 0.6) is 0 Å². The largest absolute Gasteiger partial charge is 0.357 e. The van der Waals surface area contributed by atoms with Gasteiger partial charge in [0.15, 0.2) is 5.78 Å². The van der Waals surface area contributed by atoms with Gasteiger partial charge in [-0.2, -0.15) is 0 Å². The first kappa shape index (κ1) is 16.8. The van der Waals surface area contributed by atoms with Gasteiger partial charge in [0, 0.05) is 12.1 Å². The van der Waals surface area contributed by atoms with E-state index in [0.717, 1.165) is 34.8 Å². The molecular weight excluding hydrogens is 320 g/mol. The van der Waals surface area contributed by atoms with Crippen LogP contribution < -0.4 is 5.32 Å². The van der Waals surface area contributed by atoms with Crippen molar-refractivity contribution in [1.82, 2.24) is 0 Å². The molecule has 3 nitrogen and oxygen atoms in total. The Morgan fingerprint density at radius 3 is 2.50 bits per heavy atom. The molecule has 0 radical (unpaired) electrons. The molecule has 0 spiro atoms. The number of para-hydroxylation sites is 2. The summed E-state index contributed by atoms with van der Waals surface area (Å²) in [5.74, 6) is 0.901. The Morgan fingerprint density at radius 1 is 1.04 bits per heavy atom. The fourth-order valence-corrected chi connectivity index (χ4v) is 3.90. The number of Topliss-reactive ketones (excluding diaryl/α,β-unsaturated/α-hetero) is 1. The highest BCUT2D eigenvalue weighted by atomic mass is 16.1. The maximum absolute atomic E-state index is 12.9. The molecule has 0 saturated heterocycles. The highest BCUT2D eigenvalue weighted by Crippen LogP contribution is 2.38. The number of anilines is 1. The van der Waals surface area contributed by atoms with Crippen molar-refractivity contribution in [1.29, 1.82) is 0 Å². The number of allylic oxidation sites excluding steroid dienone is 2. The zero-order valence-corrected chi connectivity index (χ0v) is 15.5. The number of fused-ring (bicyclic) bond motifs is 2. The van der Waals surface area contributed by atoms with Crippen LogP contribution in [0.3, 0.4) is 0 Å². The van der Waals surface area contributed by atoms with E-state index >= 15 is 0 Å². The summed E-state index contributed by atoms with van der Waals surface area (Å²) in [6, 6.07) is 16.7. The number of hydrogen-bond acceptors (Lipinski definition) is 3. The van der Waals surface area contributed by atoms with Crippen molar-refractivity contribution in [2.75, 3.05) is 5.32 Å². The van der Waals surface area contributed by atoms with E-state index in [9.17, 15) is 4.79 Å². The van der Waals surface area contributed by atoms with Gasteiger partial charge in [-0.25, -0.2) is 0 Å². The molecule has 1 fully saturated rings. The lowest BCUT2D eigenvalue weighted by molar-refractivity contribution is -0.115. The van der Waals surface area contributed by atoms with E-state index in [1.165, 1.54) is 11.1 Å². The number of nitrogens with zero attached hydrogens (tertiary/aromatic N) is 1. The minimum Gasteiger partial charge on any atom is -0.357 e. The quantitative estimate of drug-likeness (QED) is 0.756. The number of nitrogens with one attached hydrogen (secondary N) is 1. The Hall–Kier alpha value is -2.68. The molecule has 1 heterocycles. The lowest BCUT2D eigenvalue weighted by Crippen LogP contribution is -2.26. The lowest BCUT2D eigenvalue weighted by atomic mass is 9.78. The molecule has 0 amide bonds. The van der Waals surface area contributed by atoms with Gasteiger partial charge in [-0.1, -0.05) is 50.2 Å². The highest BCUT2D eigenvalue weighted by molar-refractivity contribution is 6.26. The van der Waals surface area contributed by atoms with Gasteiger partial charge in [-0.3, -0.25) is 9.79 Å². The van der Waals surface area contributed by atoms with Crippen molar-refractivity contribution in [3.63, 3.8) is 0 Å². The first-order valence-electron chi connectivity index (χ1n) is 9.31. The van der Waals surface area contributed by atoms with E-state index in [0.29, 0.717) is 12.3 Å². The van der Waals surface area contributed by atoms with E-state index < -0.39 is 0 Å². The first-order chi connectivity index (χ1) is 12.5. The van der Waals surface area contributed by atoms with E-state index in [-0.39, 0.29) is 11.7 Å². The van der Waals surface area contributed by atoms with Gasteiger partial charge < -0.3 is 5.32 Å². The van der Waals surface area contributed by atoms with Crippen molar-refractivity contribution < 1.29 is 4.79 Å². The maximum Gasteiger partial charge on any atom is 0.167 e. The Kier molecular flexibility index (Phi) is 4.23. The molecule has 2 aliphatic rings. The van der Waals surface area contributed by atoms with Crippen LogP contribution in [0.25, 0.3) is 0 Å². The summed E-state index contributed by atoms with van der Waals surface area (Å²) in [5.41, 5.74) is 7.02. The highest BCUT2D eigenvalue weighted by Gasteiger charge is 2.32. The monoisotopic (exact) mass is 344 g/mol. The molecule has 132 valence electrons. The molecule has 1 aliphatic heterocycles. The van der Waals surface area contributed by atoms with Gasteiger partial charge in [-0.05, 0) is 48.4 Å². The number of aliphatic imine (C=N–C) groups is 1. The normalized spacial score (nSPS) is 19.5. The van der Waals surface area contributed by atoms with Gasteiger partial charge in [0.1, 0.15) is 0 Å². The Morgan fingerprint density at radius 2 is 1.77 bits per heavy atom. The number of ketones is 1. The summed E-state index contributed by atoms with van der Waals surface area (Å²) in [6.07, 6.45) is 1.35.